The van der Waals surface area contributed by atoms with E-state index in [2.05, 4.69) is 18.7 Å². The Morgan fingerprint density at radius 1 is 1.19 bits per heavy atom. The van der Waals surface area contributed by atoms with Gasteiger partial charge in [-0.05, 0) is 49.5 Å². The van der Waals surface area contributed by atoms with Crippen molar-refractivity contribution in [1.82, 2.24) is 4.90 Å². The minimum atomic E-state index is -0.858. The molecular weight excluding hydrogens is 342 g/mol. The van der Waals surface area contributed by atoms with E-state index in [1.54, 1.807) is 7.11 Å². The van der Waals surface area contributed by atoms with Crippen molar-refractivity contribution in [2.45, 2.75) is 75.9 Å². The zero-order valence-electron chi connectivity index (χ0n) is 16.8. The van der Waals surface area contributed by atoms with Crippen LogP contribution in [-0.4, -0.2) is 70.4 Å². The molecule has 0 aromatic carbocycles. The van der Waals surface area contributed by atoms with Crippen molar-refractivity contribution in [3.05, 3.63) is 0 Å². The molecule has 3 N–H and O–H groups in total. The van der Waals surface area contributed by atoms with Crippen LogP contribution < -0.4 is 0 Å². The Morgan fingerprint density at radius 3 is 2.67 bits per heavy atom. The maximum Gasteiger partial charge on any atom is 0.0771 e. The van der Waals surface area contributed by atoms with E-state index in [0.717, 1.165) is 38.8 Å². The van der Waals surface area contributed by atoms with E-state index in [1.165, 1.54) is 0 Å². The molecule has 0 amide bonds. The minimum absolute atomic E-state index is 0.0657. The summed E-state index contributed by atoms with van der Waals surface area (Å²) in [5.74, 6) is 0.840. The Morgan fingerprint density at radius 2 is 1.96 bits per heavy atom. The van der Waals surface area contributed by atoms with Crippen LogP contribution in [0.4, 0.5) is 0 Å². The predicted molar refractivity (Wildman–Crippen MR) is 99.9 cm³/mol. The molecule has 7 bridgehead atoms. The summed E-state index contributed by atoms with van der Waals surface area (Å²) in [5.41, 5.74) is -0.788. The van der Waals surface area contributed by atoms with Gasteiger partial charge in [-0.3, -0.25) is 4.90 Å². The number of aliphatic hydroxyl groups is 3. The monoisotopic (exact) mass is 377 g/mol. The summed E-state index contributed by atoms with van der Waals surface area (Å²) in [6, 6.07) is 0.253. The summed E-state index contributed by atoms with van der Waals surface area (Å²) < 4.78 is 5.79. The first-order valence-electron chi connectivity index (χ1n) is 11.2. The fourth-order valence-electron chi connectivity index (χ4n) is 10.1. The molecule has 6 fully saturated rings. The molecule has 27 heavy (non-hydrogen) atoms. The third-order valence-electron chi connectivity index (χ3n) is 10.7. The zero-order chi connectivity index (χ0) is 18.9. The summed E-state index contributed by atoms with van der Waals surface area (Å²) in [5, 5.41) is 34.9. The molecule has 1 heterocycles. The summed E-state index contributed by atoms with van der Waals surface area (Å²) in [4.78, 5) is 2.60. The van der Waals surface area contributed by atoms with Gasteiger partial charge in [-0.2, -0.15) is 0 Å². The standard InChI is InChI=1S/C22H35NO4/c1-4-23-10-20(2)6-5-16(24)22-12-7-11-14(27-3)9-21(26,17(12)18(11)25)13(19(22)23)8-15(20)22/h11-19,24-26H,4-10H2,1-3H3/t11-,12?,13+,14+,15?,16+,17?,18?,19-,20+,21+,22-/m1/s1. The third kappa shape index (κ3) is 1.66. The second-order valence-corrected chi connectivity index (χ2v) is 11.1. The van der Waals surface area contributed by atoms with Crippen LogP contribution in [0.15, 0.2) is 0 Å². The van der Waals surface area contributed by atoms with Crippen molar-refractivity contribution in [3.63, 3.8) is 0 Å². The molecule has 5 aliphatic carbocycles. The highest BCUT2D eigenvalue weighted by Crippen LogP contribution is 2.78. The van der Waals surface area contributed by atoms with E-state index in [4.69, 9.17) is 4.74 Å². The third-order valence-corrected chi connectivity index (χ3v) is 10.7. The number of ether oxygens (including phenoxy) is 1. The van der Waals surface area contributed by atoms with Gasteiger partial charge in [-0.15, -0.1) is 0 Å². The lowest BCUT2D eigenvalue weighted by Crippen LogP contribution is -2.75. The van der Waals surface area contributed by atoms with E-state index in [1.807, 2.05) is 0 Å². The van der Waals surface area contributed by atoms with Gasteiger partial charge >= 0.3 is 0 Å². The zero-order valence-corrected chi connectivity index (χ0v) is 16.8. The van der Waals surface area contributed by atoms with Crippen LogP contribution in [0.3, 0.4) is 0 Å². The van der Waals surface area contributed by atoms with Gasteiger partial charge in [0, 0.05) is 49.3 Å². The minimum Gasteiger partial charge on any atom is -0.392 e. The summed E-state index contributed by atoms with van der Waals surface area (Å²) in [7, 11) is 1.73. The lowest BCUT2D eigenvalue weighted by molar-refractivity contribution is -0.266. The fraction of sp³-hybridized carbons (Fsp3) is 1.00. The lowest BCUT2D eigenvalue weighted by atomic mass is 9.43. The number of hydrogen-bond donors (Lipinski definition) is 3. The molecule has 6 aliphatic rings. The Hall–Kier alpha value is -0.200. The van der Waals surface area contributed by atoms with Crippen LogP contribution in [-0.2, 0) is 4.74 Å². The first-order chi connectivity index (χ1) is 12.8. The van der Waals surface area contributed by atoms with Crippen LogP contribution in [0, 0.1) is 40.4 Å². The Labute approximate surface area is 162 Å². The van der Waals surface area contributed by atoms with Crippen molar-refractivity contribution < 1.29 is 20.1 Å². The predicted octanol–water partition coefficient (Wildman–Crippen LogP) is 1.25. The van der Waals surface area contributed by atoms with Gasteiger partial charge in [0.2, 0.25) is 0 Å². The molecule has 5 heteroatoms. The normalized spacial score (nSPS) is 66.2. The van der Waals surface area contributed by atoms with Gasteiger partial charge in [0.15, 0.2) is 0 Å². The van der Waals surface area contributed by atoms with Crippen LogP contribution >= 0.6 is 0 Å². The van der Waals surface area contributed by atoms with Crippen molar-refractivity contribution in [3.8, 4) is 0 Å². The highest BCUT2D eigenvalue weighted by atomic mass is 16.5. The average Bonchev–Trinajstić information content (AvgIpc) is 3.07. The number of hydrogen-bond acceptors (Lipinski definition) is 5. The molecule has 5 nitrogen and oxygen atoms in total. The highest BCUT2D eigenvalue weighted by molar-refractivity contribution is 5.32. The maximum atomic E-state index is 12.1. The molecule has 1 aliphatic heterocycles. The summed E-state index contributed by atoms with van der Waals surface area (Å²) in [6.45, 7) is 6.74. The molecule has 5 saturated carbocycles. The van der Waals surface area contributed by atoms with Gasteiger partial charge < -0.3 is 20.1 Å². The van der Waals surface area contributed by atoms with Crippen molar-refractivity contribution >= 4 is 0 Å². The largest absolute Gasteiger partial charge is 0.392 e. The number of fused-ring (bicyclic) bond motifs is 2. The van der Waals surface area contributed by atoms with E-state index < -0.39 is 11.7 Å². The second-order valence-electron chi connectivity index (χ2n) is 11.1. The molecule has 0 aromatic rings. The molecular formula is C22H35NO4. The van der Waals surface area contributed by atoms with Gasteiger partial charge in [0.1, 0.15) is 0 Å². The van der Waals surface area contributed by atoms with Crippen LogP contribution in [0.2, 0.25) is 0 Å². The van der Waals surface area contributed by atoms with Crippen molar-refractivity contribution in [2.75, 3.05) is 20.2 Å². The van der Waals surface area contributed by atoms with Crippen LogP contribution in [0.5, 0.6) is 0 Å². The highest BCUT2D eigenvalue weighted by Gasteiger charge is 2.82. The van der Waals surface area contributed by atoms with E-state index in [0.29, 0.717) is 12.3 Å². The number of methoxy groups -OCH3 is 1. The number of likely N-dealkylation sites (tertiary alicyclic amines) is 1. The van der Waals surface area contributed by atoms with Crippen LogP contribution in [0.25, 0.3) is 0 Å². The molecule has 4 unspecified atom stereocenters. The number of nitrogens with zero attached hydrogens (tertiary/aromatic N) is 1. The van der Waals surface area contributed by atoms with E-state index in [9.17, 15) is 15.3 Å². The van der Waals surface area contributed by atoms with E-state index in [-0.39, 0.29) is 52.8 Å². The summed E-state index contributed by atoms with van der Waals surface area (Å²) >= 11 is 0. The van der Waals surface area contributed by atoms with Gasteiger partial charge in [-0.25, -0.2) is 0 Å². The SMILES string of the molecule is CCN1C[C@]2(C)CC[C@H](O)[C@@]34C5C[C@H]6C(O)C5[C@](O)(C[C@@H]6OC)[C@@H](CC23)[C@@H]14. The maximum absolute atomic E-state index is 12.1. The molecule has 0 aromatic heterocycles. The second kappa shape index (κ2) is 5.10. The average molecular weight is 378 g/mol. The van der Waals surface area contributed by atoms with E-state index >= 15 is 0 Å². The topological polar surface area (TPSA) is 73.2 Å². The quantitative estimate of drug-likeness (QED) is 0.676. The first-order valence-corrected chi connectivity index (χ1v) is 11.2. The molecule has 12 atom stereocenters. The molecule has 1 spiro atoms. The number of piperidine rings is 1. The van der Waals surface area contributed by atoms with Crippen molar-refractivity contribution in [1.29, 1.82) is 0 Å². The molecule has 0 radical (unpaired) electrons. The number of aliphatic hydroxyl groups excluding tert-OH is 2. The lowest BCUT2D eigenvalue weighted by Gasteiger charge is -2.68. The van der Waals surface area contributed by atoms with Gasteiger partial charge in [0.05, 0.1) is 23.9 Å². The van der Waals surface area contributed by atoms with Crippen LogP contribution in [0.1, 0.15) is 46.0 Å². The molecule has 6 rings (SSSR count). The fourth-order valence-corrected chi connectivity index (χ4v) is 10.1. The first kappa shape index (κ1) is 17.6. The van der Waals surface area contributed by atoms with Crippen molar-refractivity contribution in [2.24, 2.45) is 40.4 Å². The smallest absolute Gasteiger partial charge is 0.0771 e. The van der Waals surface area contributed by atoms with Gasteiger partial charge in [-0.1, -0.05) is 13.8 Å². The Balaban J connectivity index is 1.59. The van der Waals surface area contributed by atoms with Gasteiger partial charge in [0.25, 0.3) is 0 Å². The molecule has 1 saturated heterocycles. The number of rotatable bonds is 2. The summed E-state index contributed by atoms with van der Waals surface area (Å²) in [6.07, 6.45) is 3.66. The molecule has 152 valence electrons. The Bertz CT molecular complexity index is 673. The Kier molecular flexibility index (Phi) is 3.33.